The predicted octanol–water partition coefficient (Wildman–Crippen LogP) is 1.08. The number of anilines is 1. The number of H-pyrrole nitrogens is 2. The summed E-state index contributed by atoms with van der Waals surface area (Å²) in [5, 5.41) is 16.0. The summed E-state index contributed by atoms with van der Waals surface area (Å²) in [5.74, 6) is -0.633. The predicted molar refractivity (Wildman–Crippen MR) is 132 cm³/mol. The average Bonchev–Trinajstić information content (AvgIpc) is 3.20. The largest absolute Gasteiger partial charge is 0.354 e. The van der Waals surface area contributed by atoms with Gasteiger partial charge in [0.1, 0.15) is 5.82 Å². The van der Waals surface area contributed by atoms with Gasteiger partial charge in [-0.2, -0.15) is 0 Å². The molecular weight excluding hydrogens is 469 g/mol. The lowest BCUT2D eigenvalue weighted by molar-refractivity contribution is -0.121. The summed E-state index contributed by atoms with van der Waals surface area (Å²) in [6.45, 7) is 4.40. The Balaban J connectivity index is 1.38. The minimum Gasteiger partial charge on any atom is -0.354 e. The summed E-state index contributed by atoms with van der Waals surface area (Å²) in [6.07, 6.45) is -1.63. The molecule has 0 saturated carbocycles. The number of hydrogen-bond acceptors (Lipinski definition) is 7. The van der Waals surface area contributed by atoms with E-state index >= 15 is 0 Å². The van der Waals surface area contributed by atoms with Gasteiger partial charge in [0.2, 0.25) is 12.3 Å². The Morgan fingerprint density at radius 1 is 1.17 bits per heavy atom. The third-order valence-electron chi connectivity index (χ3n) is 5.99. The van der Waals surface area contributed by atoms with E-state index in [4.69, 9.17) is 4.74 Å². The van der Waals surface area contributed by atoms with E-state index in [0.29, 0.717) is 41.2 Å². The van der Waals surface area contributed by atoms with E-state index < -0.39 is 29.6 Å². The van der Waals surface area contributed by atoms with Crippen molar-refractivity contribution in [1.82, 2.24) is 20.6 Å². The summed E-state index contributed by atoms with van der Waals surface area (Å²) >= 11 is 0. The molecule has 36 heavy (non-hydrogen) atoms. The molecule has 2 heterocycles. The van der Waals surface area contributed by atoms with Crippen LogP contribution in [0.25, 0.3) is 11.1 Å². The normalized spacial score (nSPS) is 17.4. The van der Waals surface area contributed by atoms with Crippen LogP contribution in [0.3, 0.4) is 0 Å². The number of benzene rings is 2. The first-order valence-corrected chi connectivity index (χ1v) is 11.5. The molecule has 0 aliphatic carbocycles. The van der Waals surface area contributed by atoms with Crippen LogP contribution in [0.5, 0.6) is 0 Å². The average molecular weight is 498 g/mol. The van der Waals surface area contributed by atoms with E-state index in [1.54, 1.807) is 19.1 Å². The fraction of sp³-hybridized carbons (Fsp3) is 0.320. The highest BCUT2D eigenvalue weighted by molar-refractivity contribution is 5.72. The maximum Gasteiger partial charge on any atom is 0.325 e. The van der Waals surface area contributed by atoms with Gasteiger partial charge in [0.15, 0.2) is 0 Å². The van der Waals surface area contributed by atoms with Gasteiger partial charge in [0.25, 0.3) is 5.56 Å². The summed E-state index contributed by atoms with van der Waals surface area (Å²) in [5.41, 5.74) is 2.54. The zero-order valence-corrected chi connectivity index (χ0v) is 19.9. The number of aromatic amines is 2. The number of halogens is 1. The minimum atomic E-state index is -1.23. The molecule has 2 aromatic carbocycles. The van der Waals surface area contributed by atoms with E-state index in [0.717, 1.165) is 5.56 Å². The van der Waals surface area contributed by atoms with Gasteiger partial charge >= 0.3 is 5.69 Å². The Hall–Kier alpha value is -3.80. The van der Waals surface area contributed by atoms with Gasteiger partial charge in [-0.25, -0.2) is 9.18 Å². The van der Waals surface area contributed by atoms with Crippen molar-refractivity contribution in [2.75, 3.05) is 18.0 Å². The van der Waals surface area contributed by atoms with Gasteiger partial charge in [-0.1, -0.05) is 24.3 Å². The minimum absolute atomic E-state index is 0.192. The molecule has 10 nitrogen and oxygen atoms in total. The van der Waals surface area contributed by atoms with Crippen LogP contribution >= 0.6 is 0 Å². The molecule has 1 fully saturated rings. The van der Waals surface area contributed by atoms with Crippen molar-refractivity contribution in [2.45, 2.75) is 39.5 Å². The Morgan fingerprint density at radius 3 is 2.58 bits per heavy atom. The Morgan fingerprint density at radius 2 is 1.92 bits per heavy atom. The number of hydrogen-bond donors (Lipinski definition) is 5. The molecule has 0 spiro atoms. The highest BCUT2D eigenvalue weighted by Gasteiger charge is 2.32. The third-order valence-corrected chi connectivity index (χ3v) is 5.99. The molecular formula is C25H28FN5O5. The van der Waals surface area contributed by atoms with Crippen LogP contribution in [-0.4, -0.2) is 46.6 Å². The molecule has 1 aliphatic heterocycles. The Labute approximate surface area is 206 Å². The lowest BCUT2D eigenvalue weighted by atomic mass is 10.0. The van der Waals surface area contributed by atoms with Gasteiger partial charge in [-0.05, 0) is 36.2 Å². The van der Waals surface area contributed by atoms with Crippen molar-refractivity contribution in [3.05, 3.63) is 85.9 Å². The fourth-order valence-corrected chi connectivity index (χ4v) is 4.09. The molecule has 190 valence electrons. The summed E-state index contributed by atoms with van der Waals surface area (Å²) < 4.78 is 20.4. The van der Waals surface area contributed by atoms with Gasteiger partial charge in [-0.15, -0.1) is 0 Å². The first kappa shape index (κ1) is 25.3. The Kier molecular flexibility index (Phi) is 7.63. The zero-order valence-electron chi connectivity index (χ0n) is 19.9. The van der Waals surface area contributed by atoms with Crippen LogP contribution in [0.15, 0.2) is 52.1 Å². The number of rotatable bonds is 8. The van der Waals surface area contributed by atoms with E-state index in [2.05, 4.69) is 20.6 Å². The van der Waals surface area contributed by atoms with Crippen molar-refractivity contribution in [3.8, 4) is 11.1 Å². The number of nitrogens with zero attached hydrogens (tertiary/aromatic N) is 1. The van der Waals surface area contributed by atoms with Gasteiger partial charge in [0.05, 0.1) is 18.2 Å². The van der Waals surface area contributed by atoms with Crippen LogP contribution in [0.1, 0.15) is 23.7 Å². The van der Waals surface area contributed by atoms with Crippen molar-refractivity contribution in [1.29, 1.82) is 0 Å². The zero-order chi connectivity index (χ0) is 25.8. The smallest absolute Gasteiger partial charge is 0.325 e. The number of aromatic nitrogens is 2. The molecule has 3 aromatic rings. The standard InChI is InChI=1S/C25H28FN5O5/c1-14-21(23(33)30-24(34)29-14)12-27-10-16-3-5-17(6-4-16)20-8-7-18(9-22(20)26)31-13-19(36-25(31)35)11-28-15(2)32/h3-9,19,25,27,35H,10-13H2,1-2H3,(H,28,32)(H2,29,30,33,34)/t19-,25?/m0/s1. The number of nitrogens with one attached hydrogen (secondary N) is 4. The number of carbonyl (C=O) groups excluding carboxylic acids is 1. The van der Waals surface area contributed by atoms with Crippen LogP contribution in [0.2, 0.25) is 0 Å². The first-order chi connectivity index (χ1) is 17.2. The highest BCUT2D eigenvalue weighted by Crippen LogP contribution is 2.30. The van der Waals surface area contributed by atoms with Crippen molar-refractivity contribution >= 4 is 11.6 Å². The molecule has 0 bridgehead atoms. The maximum atomic E-state index is 15.0. The van der Waals surface area contributed by atoms with E-state index in [1.165, 1.54) is 17.9 Å². The van der Waals surface area contributed by atoms with Crippen molar-refractivity contribution < 1.29 is 19.0 Å². The molecule has 4 rings (SSSR count). The number of aryl methyl sites for hydroxylation is 1. The topological polar surface area (TPSA) is 140 Å². The van der Waals surface area contributed by atoms with Gasteiger partial charge in [0, 0.05) is 43.5 Å². The van der Waals surface area contributed by atoms with Crippen LogP contribution < -0.4 is 26.8 Å². The first-order valence-electron chi connectivity index (χ1n) is 11.5. The number of ether oxygens (including phenoxy) is 1. The van der Waals surface area contributed by atoms with Crippen LogP contribution in [-0.2, 0) is 22.6 Å². The second kappa shape index (κ2) is 10.9. The quantitative estimate of drug-likeness (QED) is 0.314. The molecule has 1 unspecified atom stereocenters. The van der Waals surface area contributed by atoms with E-state index in [-0.39, 0.29) is 19.0 Å². The van der Waals surface area contributed by atoms with E-state index in [1.807, 2.05) is 24.3 Å². The molecule has 5 N–H and O–H groups in total. The molecule has 2 atom stereocenters. The molecule has 1 aromatic heterocycles. The molecule has 1 aliphatic rings. The summed E-state index contributed by atoms with van der Waals surface area (Å²) in [7, 11) is 0. The van der Waals surface area contributed by atoms with E-state index in [9.17, 15) is 23.9 Å². The van der Waals surface area contributed by atoms with Crippen molar-refractivity contribution in [3.63, 3.8) is 0 Å². The lowest BCUT2D eigenvalue weighted by Crippen LogP contribution is -2.33. The summed E-state index contributed by atoms with van der Waals surface area (Å²) in [4.78, 5) is 40.7. The fourth-order valence-electron chi connectivity index (χ4n) is 4.09. The molecule has 1 amide bonds. The van der Waals surface area contributed by atoms with Crippen LogP contribution in [0, 0.1) is 12.7 Å². The lowest BCUT2D eigenvalue weighted by Gasteiger charge is -2.21. The molecule has 1 saturated heterocycles. The SMILES string of the molecule is CC(=O)NC[C@H]1CN(c2ccc(-c3ccc(CNCc4c(C)[nH]c(=O)[nH]c4=O)cc3)c(F)c2)C(O)O1. The number of aliphatic hydroxyl groups excluding tert-OH is 1. The maximum absolute atomic E-state index is 15.0. The van der Waals surface area contributed by atoms with Crippen molar-refractivity contribution in [2.24, 2.45) is 0 Å². The summed E-state index contributed by atoms with van der Waals surface area (Å²) in [6, 6.07) is 12.1. The number of amides is 1. The highest BCUT2D eigenvalue weighted by atomic mass is 19.1. The second-order valence-electron chi connectivity index (χ2n) is 8.65. The second-order valence-corrected chi connectivity index (χ2v) is 8.65. The van der Waals surface area contributed by atoms with Gasteiger partial charge < -0.3 is 30.4 Å². The third kappa shape index (κ3) is 5.88. The van der Waals surface area contributed by atoms with Crippen LogP contribution in [0.4, 0.5) is 10.1 Å². The molecule has 11 heteroatoms. The Bertz CT molecular complexity index is 1350. The number of carbonyl (C=O) groups is 1. The number of aliphatic hydroxyl groups is 1. The van der Waals surface area contributed by atoms with Gasteiger partial charge in [-0.3, -0.25) is 14.6 Å². The monoisotopic (exact) mass is 497 g/mol. The molecule has 0 radical (unpaired) electrons.